The van der Waals surface area contributed by atoms with Crippen molar-refractivity contribution in [1.29, 1.82) is 0 Å². The predicted molar refractivity (Wildman–Crippen MR) is 447 cm³/mol. The van der Waals surface area contributed by atoms with Gasteiger partial charge in [-0.1, -0.05) is 0 Å². The van der Waals surface area contributed by atoms with Gasteiger partial charge in [0.1, 0.15) is 102 Å². The van der Waals surface area contributed by atoms with E-state index in [4.69, 9.17) is 37.9 Å². The number of phenols is 1. The van der Waals surface area contributed by atoms with Crippen LogP contribution in [-0.2, 0) is 47.9 Å². The number of aromatic nitrogens is 16. The molecule has 17 rings (SSSR count). The Morgan fingerprint density at radius 3 is 1.02 bits per heavy atom. The minimum absolute atomic E-state index is 0.109. The molecule has 0 spiro atoms. The highest BCUT2D eigenvalue weighted by Crippen LogP contribution is 2.40. The summed E-state index contributed by atoms with van der Waals surface area (Å²) in [6.45, 7) is 15.3. The van der Waals surface area contributed by atoms with Crippen LogP contribution >= 0.6 is 0 Å². The summed E-state index contributed by atoms with van der Waals surface area (Å²) in [6.07, 6.45) is -9.39. The van der Waals surface area contributed by atoms with E-state index >= 15 is 0 Å². The number of methoxy groups -OCH3 is 4. The molecule has 0 saturated carbocycles. The van der Waals surface area contributed by atoms with Gasteiger partial charge in [0.15, 0.2) is 104 Å². The van der Waals surface area contributed by atoms with Gasteiger partial charge in [0.05, 0.1) is 56.6 Å². The van der Waals surface area contributed by atoms with Gasteiger partial charge < -0.3 is 115 Å². The molecule has 8 aromatic heterocycles. The Hall–Kier alpha value is -11.0. The van der Waals surface area contributed by atoms with Crippen LogP contribution in [0.3, 0.4) is 0 Å². The van der Waals surface area contributed by atoms with E-state index in [0.29, 0.717) is 91.1 Å². The number of aliphatic hydroxyl groups is 8. The van der Waals surface area contributed by atoms with Crippen molar-refractivity contribution >= 4 is 106 Å². The van der Waals surface area contributed by atoms with Gasteiger partial charge in [-0.05, 0) is 140 Å². The summed E-state index contributed by atoms with van der Waals surface area (Å²) in [5, 5.41) is 106. The number of nitrogens with zero attached hydrogens (tertiary/aromatic N) is 18. The molecule has 16 atom stereocenters. The zero-order chi connectivity index (χ0) is 89.1. The quantitative estimate of drug-likeness (QED) is 0.0405. The molecule has 0 unspecified atom stereocenters. The van der Waals surface area contributed by atoms with Gasteiger partial charge in [-0.15, -0.1) is 0 Å². The van der Waals surface area contributed by atoms with Gasteiger partial charge >= 0.3 is 0 Å². The van der Waals surface area contributed by atoms with E-state index in [9.17, 15) is 63.2 Å². The fourth-order valence-corrected chi connectivity index (χ4v) is 15.8. The van der Waals surface area contributed by atoms with Crippen molar-refractivity contribution < 1.29 is 101 Å². The Bertz CT molecular complexity index is 5880. The third-order valence-corrected chi connectivity index (χ3v) is 23.0. The van der Waals surface area contributed by atoms with Crippen molar-refractivity contribution in [1.82, 2.24) is 87.7 Å². The molecule has 4 aromatic carbocycles. The second-order valence-electron chi connectivity index (χ2n) is 30.4. The van der Waals surface area contributed by atoms with Crippen molar-refractivity contribution in [3.8, 4) is 5.75 Å². The summed E-state index contributed by atoms with van der Waals surface area (Å²) in [6, 6.07) is 21.5. The standard InChI is InChI=1S/C23H31N7O4.C20H25N5O5.C19H24N6O6S.C18H19F2N5O4/c1-14-25-21(27-15-4-6-16(7-5-15)29-10-8-28(2)9-11-29)18-22(26-14)30(13-24-18)23-20(32)19(31)17(34-23)12-33-3;1-9-5-12(6-10(2)15(9)26)24-18-14-19(23-11(3)22-18)25(8-21-14)20-17(28)16(27)13(30-20)7-29-4;1-10-22-17(24-11-4-6-12(7-5-11)32(28,29)20-2)14-18(23-10)25(9-21-14)19-16(27)15(26)13(31-19)8-30-3;1-8-22-16(24-9-3-4-10(19)11(20)5-9)13-17(23-8)25(7-21-13)18-15(27)14(26)12(29-18)6-28-2/h4-7,13,17,19-20,23,31-32H,8-12H2,1-3H3,(H,25,26,27);5-6,8,13,16-17,20,26-28H,7H2,1-4H3,(H,22,23,24);4-7,9,13,15-16,19-20,26-27H,8H2,1-3H3,(H,22,23,24);3-5,7,12,14-15,18,26-27H,6H2,1-2H3,(H,22,23,24)/t17-,19-,20-,23-;13-,16-,17-,20-;13-,15-,16-,19-;12-,14-,15-,18-/m1111/s1. The smallest absolute Gasteiger partial charge is 0.240 e. The first kappa shape index (κ1) is 90.2. The number of halogens is 2. The van der Waals surface area contributed by atoms with E-state index in [1.54, 1.807) is 59.9 Å². The normalized spacial score (nSPS) is 24.5. The number of aryl methyl sites for hydroxylation is 6. The lowest BCUT2D eigenvalue weighted by molar-refractivity contribution is -0.0580. The molecule has 0 aliphatic carbocycles. The Morgan fingerprint density at radius 2 is 0.712 bits per heavy atom. The fraction of sp³-hybridized carbons (Fsp3) is 0.450. The number of likely N-dealkylation sites (N-methyl/N-ethyl adjacent to an activating group) is 1. The molecular weight excluding hydrogens is 1660 g/mol. The minimum Gasteiger partial charge on any atom is -0.507 e. The number of sulfonamides is 1. The van der Waals surface area contributed by atoms with Crippen LogP contribution in [0.5, 0.6) is 5.75 Å². The van der Waals surface area contributed by atoms with Gasteiger partial charge in [0.2, 0.25) is 10.0 Å². The molecule has 12 aromatic rings. The van der Waals surface area contributed by atoms with Crippen LogP contribution < -0.4 is 30.9 Å². The van der Waals surface area contributed by atoms with Crippen LogP contribution in [0.1, 0.15) is 59.3 Å². The third-order valence-electron chi connectivity index (χ3n) is 21.5. The number of rotatable bonds is 23. The molecule has 14 N–H and O–H groups in total. The van der Waals surface area contributed by atoms with Crippen LogP contribution in [0.15, 0.2) is 109 Å². The second-order valence-corrected chi connectivity index (χ2v) is 32.3. The van der Waals surface area contributed by atoms with Crippen LogP contribution in [0.25, 0.3) is 44.7 Å². The summed E-state index contributed by atoms with van der Waals surface area (Å²) in [5.74, 6) is 1.90. The molecule has 125 heavy (non-hydrogen) atoms. The third kappa shape index (κ3) is 19.2. The van der Waals surface area contributed by atoms with E-state index in [2.05, 4.69) is 115 Å². The number of nitrogens with one attached hydrogen (secondary N) is 5. The molecule has 42 nitrogen and oxygen atoms in total. The highest BCUT2D eigenvalue weighted by molar-refractivity contribution is 7.89. The number of benzene rings is 4. The van der Waals surface area contributed by atoms with Crippen molar-refractivity contribution in [3.63, 3.8) is 0 Å². The summed E-state index contributed by atoms with van der Waals surface area (Å²) in [5.41, 5.74) is 8.73. The van der Waals surface area contributed by atoms with Gasteiger partial charge in [0, 0.05) is 89.1 Å². The lowest BCUT2D eigenvalue weighted by Gasteiger charge is -2.34. The number of fused-ring (bicyclic) bond motifs is 4. The van der Waals surface area contributed by atoms with Crippen LogP contribution in [0.2, 0.25) is 0 Å². The Labute approximate surface area is 713 Å². The van der Waals surface area contributed by atoms with Gasteiger partial charge in [-0.25, -0.2) is 81.7 Å². The monoisotopic (exact) mass is 1760 g/mol. The number of anilines is 9. The number of hydrogen-bond donors (Lipinski definition) is 14. The molecule has 5 saturated heterocycles. The zero-order valence-electron chi connectivity index (χ0n) is 70.0. The second kappa shape index (κ2) is 38.4. The Balaban J connectivity index is 0.000000136. The number of piperazine rings is 1. The van der Waals surface area contributed by atoms with Crippen molar-refractivity contribution in [2.45, 2.75) is 145 Å². The minimum atomic E-state index is -3.54. The molecule has 0 bridgehead atoms. The van der Waals surface area contributed by atoms with Crippen molar-refractivity contribution in [2.24, 2.45) is 0 Å². The molecular formula is C80H99F2N23O19S. The van der Waals surface area contributed by atoms with Crippen molar-refractivity contribution in [2.75, 3.05) is 121 Å². The number of hydrogen-bond acceptors (Lipinski definition) is 37. The summed E-state index contributed by atoms with van der Waals surface area (Å²) < 4.78 is 102. The molecule has 13 heterocycles. The van der Waals surface area contributed by atoms with E-state index in [0.717, 1.165) is 60.8 Å². The largest absolute Gasteiger partial charge is 0.507 e. The average molecular weight is 1760 g/mol. The number of aromatic hydroxyl groups is 1. The lowest BCUT2D eigenvalue weighted by Crippen LogP contribution is -2.44. The van der Waals surface area contributed by atoms with Gasteiger partial charge in [-0.2, -0.15) is 0 Å². The summed E-state index contributed by atoms with van der Waals surface area (Å²) in [7, 11) is 5.93. The highest BCUT2D eigenvalue weighted by Gasteiger charge is 2.48. The number of imidazole rings is 4. The van der Waals surface area contributed by atoms with E-state index in [1.165, 1.54) is 82.9 Å². The average Bonchev–Trinajstić information content (AvgIpc) is 1.53. The molecule has 0 amide bonds. The maximum atomic E-state index is 13.5. The van der Waals surface area contributed by atoms with Crippen LogP contribution in [-0.4, -0.2) is 306 Å². The lowest BCUT2D eigenvalue weighted by atomic mass is 10.1. The van der Waals surface area contributed by atoms with Crippen molar-refractivity contribution in [3.05, 3.63) is 150 Å². The molecule has 668 valence electrons. The number of phenolic OH excluding ortho intramolecular Hbond substituents is 1. The Morgan fingerprint density at radius 1 is 0.408 bits per heavy atom. The summed E-state index contributed by atoms with van der Waals surface area (Å²) in [4.78, 5) is 57.9. The Kier molecular flexibility index (Phi) is 27.7. The predicted octanol–water partition coefficient (Wildman–Crippen LogP) is 3.84. The first-order chi connectivity index (χ1) is 59.9. The first-order valence-corrected chi connectivity index (χ1v) is 41.1. The topological polar surface area (TPSA) is 531 Å². The number of aliphatic hydroxyl groups excluding tert-OH is 8. The number of ether oxygens (including phenoxy) is 8. The first-order valence-electron chi connectivity index (χ1n) is 39.7. The van der Waals surface area contributed by atoms with Crippen LogP contribution in [0, 0.1) is 53.2 Å². The van der Waals surface area contributed by atoms with E-state index in [-0.39, 0.29) is 48.6 Å². The maximum Gasteiger partial charge on any atom is 0.240 e. The summed E-state index contributed by atoms with van der Waals surface area (Å²) >= 11 is 0. The molecule has 45 heteroatoms. The van der Waals surface area contributed by atoms with Gasteiger partial charge in [-0.3, -0.25) is 18.3 Å². The molecule has 0 radical (unpaired) electrons. The molecule has 5 aliphatic heterocycles. The molecule has 5 aliphatic rings. The SMILES string of the molecule is CNS(=O)(=O)c1ccc(Nc2nc(C)nc3c2ncn3[C@@H]2O[C@H](COC)[C@@H](O)[C@H]2O)cc1.COC[C@H]1O[C@@H](n2cnc3c(Nc4cc(C)c(O)c(C)c4)nc(C)nc32)[C@H](O)[C@@H]1O.COC[C@H]1O[C@@H](n2cnc3c(Nc4ccc(F)c(F)c4)nc(C)nc32)[C@H](O)[C@@H]1O.COC[C@H]1O[C@@H](n2cnc3c(Nc4ccc(N5CCN(C)CC5)cc4)nc(C)nc32)[C@H](O)[C@@H]1O. The van der Waals surface area contributed by atoms with Gasteiger partial charge in [0.25, 0.3) is 0 Å². The zero-order valence-corrected chi connectivity index (χ0v) is 70.8. The highest BCUT2D eigenvalue weighted by atomic mass is 32.2. The van der Waals surface area contributed by atoms with E-state index in [1.807, 2.05) is 38.1 Å². The van der Waals surface area contributed by atoms with Crippen LogP contribution in [0.4, 0.5) is 60.5 Å². The molecule has 5 fully saturated rings. The maximum absolute atomic E-state index is 13.5. The fourth-order valence-electron chi connectivity index (χ4n) is 15.0. The van der Waals surface area contributed by atoms with E-state index < -0.39 is 120 Å².